The Bertz CT molecular complexity index is 643. The van der Waals surface area contributed by atoms with Gasteiger partial charge in [0.15, 0.2) is 0 Å². The number of benzene rings is 2. The van der Waals surface area contributed by atoms with Crippen molar-refractivity contribution in [3.63, 3.8) is 0 Å². The maximum absolute atomic E-state index is 12.2. The maximum atomic E-state index is 12.2. The average molecular weight is 265 g/mol. The summed E-state index contributed by atoms with van der Waals surface area (Å²) in [6, 6.07) is 14.7. The first-order valence-corrected chi connectivity index (χ1v) is 7.17. The third-order valence-corrected chi connectivity index (χ3v) is 4.12. The van der Waals surface area contributed by atoms with E-state index in [-0.39, 0.29) is 11.8 Å². The predicted molar refractivity (Wildman–Crippen MR) is 82.1 cm³/mol. The number of amides is 1. The number of nitrogens with one attached hydrogen (secondary N) is 1. The number of rotatable bonds is 3. The molecule has 1 aliphatic heterocycles. The number of hydrogen-bond acceptors (Lipinski definition) is 1. The minimum atomic E-state index is -0.0580. The summed E-state index contributed by atoms with van der Waals surface area (Å²) in [6.07, 6.45) is 1.82. The highest BCUT2D eigenvalue weighted by Gasteiger charge is 2.31. The van der Waals surface area contributed by atoms with Crippen LogP contribution in [0.5, 0.6) is 0 Å². The molecule has 0 radical (unpaired) electrons. The van der Waals surface area contributed by atoms with Crippen molar-refractivity contribution in [1.82, 2.24) is 0 Å². The van der Waals surface area contributed by atoms with E-state index in [9.17, 15) is 4.79 Å². The second-order valence-electron chi connectivity index (χ2n) is 5.46. The van der Waals surface area contributed by atoms with E-state index in [0.717, 1.165) is 29.7 Å². The Morgan fingerprint density at radius 3 is 2.45 bits per heavy atom. The summed E-state index contributed by atoms with van der Waals surface area (Å²) in [7, 11) is 0. The van der Waals surface area contributed by atoms with Gasteiger partial charge >= 0.3 is 0 Å². The van der Waals surface area contributed by atoms with E-state index in [1.54, 1.807) is 0 Å². The molecule has 102 valence electrons. The zero-order valence-corrected chi connectivity index (χ0v) is 11.9. The number of aryl methyl sites for hydroxylation is 2. The molecule has 0 spiro atoms. The van der Waals surface area contributed by atoms with Gasteiger partial charge in [-0.25, -0.2) is 0 Å². The molecule has 1 amide bonds. The van der Waals surface area contributed by atoms with Crippen LogP contribution in [0.4, 0.5) is 5.69 Å². The zero-order valence-electron chi connectivity index (χ0n) is 11.9. The lowest BCUT2D eigenvalue weighted by Crippen LogP contribution is -2.14. The molecule has 1 aliphatic rings. The first kappa shape index (κ1) is 12.9. The fourth-order valence-corrected chi connectivity index (χ4v) is 2.85. The molecule has 2 aromatic carbocycles. The normalized spacial score (nSPS) is 16.9. The Morgan fingerprint density at radius 2 is 1.75 bits per heavy atom. The molecule has 0 bridgehead atoms. The van der Waals surface area contributed by atoms with Gasteiger partial charge in [0.05, 0.1) is 5.92 Å². The number of anilines is 1. The van der Waals surface area contributed by atoms with Gasteiger partial charge in [0, 0.05) is 5.69 Å². The average Bonchev–Trinajstić information content (AvgIpc) is 2.78. The number of fused-ring (bicyclic) bond motifs is 1. The van der Waals surface area contributed by atoms with Crippen LogP contribution in [0.1, 0.15) is 35.1 Å². The summed E-state index contributed by atoms with van der Waals surface area (Å²) in [5, 5.41) is 3.02. The lowest BCUT2D eigenvalue weighted by Gasteiger charge is -2.10. The first-order chi connectivity index (χ1) is 9.69. The van der Waals surface area contributed by atoms with Gasteiger partial charge in [-0.15, -0.1) is 0 Å². The monoisotopic (exact) mass is 265 g/mol. The third kappa shape index (κ3) is 2.22. The maximum Gasteiger partial charge on any atom is 0.232 e. The summed E-state index contributed by atoms with van der Waals surface area (Å²) in [4.78, 5) is 12.2. The summed E-state index contributed by atoms with van der Waals surface area (Å²) >= 11 is 0. The standard InChI is InChI=1S/C18H19NO/c1-3-13-7-9-14(10-8-13)11-16-15-6-4-5-12(2)17(15)19-18(16)20/h4-10,16H,3,11H2,1-2H3,(H,19,20)/t16-/m0/s1. The molecule has 0 saturated carbocycles. The van der Waals surface area contributed by atoms with Crippen molar-refractivity contribution >= 4 is 11.6 Å². The molecular formula is C18H19NO. The molecule has 0 aromatic heterocycles. The van der Waals surface area contributed by atoms with Crippen molar-refractivity contribution in [3.05, 3.63) is 64.7 Å². The molecule has 0 unspecified atom stereocenters. The van der Waals surface area contributed by atoms with Gasteiger partial charge in [0.2, 0.25) is 5.91 Å². The van der Waals surface area contributed by atoms with Crippen LogP contribution in [0.15, 0.2) is 42.5 Å². The van der Waals surface area contributed by atoms with E-state index in [0.29, 0.717) is 0 Å². The molecule has 2 aromatic rings. The Kier molecular flexibility index (Phi) is 3.31. The van der Waals surface area contributed by atoms with Crippen molar-refractivity contribution in [2.75, 3.05) is 5.32 Å². The van der Waals surface area contributed by atoms with Crippen molar-refractivity contribution in [2.45, 2.75) is 32.6 Å². The summed E-state index contributed by atoms with van der Waals surface area (Å²) in [6.45, 7) is 4.19. The highest BCUT2D eigenvalue weighted by atomic mass is 16.2. The van der Waals surface area contributed by atoms with Gasteiger partial charge in [-0.1, -0.05) is 49.4 Å². The largest absolute Gasteiger partial charge is 0.325 e. The van der Waals surface area contributed by atoms with E-state index in [1.165, 1.54) is 11.1 Å². The van der Waals surface area contributed by atoms with Crippen LogP contribution < -0.4 is 5.32 Å². The fraction of sp³-hybridized carbons (Fsp3) is 0.278. The van der Waals surface area contributed by atoms with Crippen molar-refractivity contribution < 1.29 is 4.79 Å². The highest BCUT2D eigenvalue weighted by Crippen LogP contribution is 2.36. The quantitative estimate of drug-likeness (QED) is 0.897. The number of carbonyl (C=O) groups is 1. The molecule has 2 nitrogen and oxygen atoms in total. The zero-order chi connectivity index (χ0) is 14.1. The summed E-state index contributed by atoms with van der Waals surface area (Å²) in [5.41, 5.74) is 5.83. The van der Waals surface area contributed by atoms with Gasteiger partial charge in [-0.3, -0.25) is 4.79 Å². The predicted octanol–water partition coefficient (Wildman–Crippen LogP) is 3.84. The molecule has 1 heterocycles. The van der Waals surface area contributed by atoms with E-state index in [4.69, 9.17) is 0 Å². The smallest absolute Gasteiger partial charge is 0.232 e. The Morgan fingerprint density at radius 1 is 1.05 bits per heavy atom. The van der Waals surface area contributed by atoms with Gasteiger partial charge in [0.1, 0.15) is 0 Å². The minimum absolute atomic E-state index is 0.0580. The van der Waals surface area contributed by atoms with Crippen LogP contribution >= 0.6 is 0 Å². The van der Waals surface area contributed by atoms with Gasteiger partial charge < -0.3 is 5.32 Å². The van der Waals surface area contributed by atoms with Crippen LogP contribution in [0, 0.1) is 6.92 Å². The van der Waals surface area contributed by atoms with Crippen molar-refractivity contribution in [3.8, 4) is 0 Å². The van der Waals surface area contributed by atoms with E-state index < -0.39 is 0 Å². The van der Waals surface area contributed by atoms with Crippen LogP contribution in [0.25, 0.3) is 0 Å². The highest BCUT2D eigenvalue weighted by molar-refractivity contribution is 6.03. The lowest BCUT2D eigenvalue weighted by molar-refractivity contribution is -0.117. The molecule has 1 atom stereocenters. The molecular weight excluding hydrogens is 246 g/mol. The Hall–Kier alpha value is -2.09. The summed E-state index contributed by atoms with van der Waals surface area (Å²) < 4.78 is 0. The molecule has 3 rings (SSSR count). The topological polar surface area (TPSA) is 29.1 Å². The van der Waals surface area contributed by atoms with Crippen molar-refractivity contribution in [2.24, 2.45) is 0 Å². The Balaban J connectivity index is 1.88. The second-order valence-corrected chi connectivity index (χ2v) is 5.46. The number of para-hydroxylation sites is 1. The molecule has 0 aliphatic carbocycles. The third-order valence-electron chi connectivity index (χ3n) is 4.12. The molecule has 0 saturated heterocycles. The van der Waals surface area contributed by atoms with Gasteiger partial charge in [0.25, 0.3) is 0 Å². The molecule has 1 N–H and O–H groups in total. The lowest BCUT2D eigenvalue weighted by atomic mass is 9.92. The van der Waals surface area contributed by atoms with E-state index in [1.807, 2.05) is 19.1 Å². The minimum Gasteiger partial charge on any atom is -0.325 e. The van der Waals surface area contributed by atoms with Crippen LogP contribution in [0.3, 0.4) is 0 Å². The van der Waals surface area contributed by atoms with Gasteiger partial charge in [-0.05, 0) is 42.0 Å². The van der Waals surface area contributed by atoms with Gasteiger partial charge in [-0.2, -0.15) is 0 Å². The molecule has 2 heteroatoms. The van der Waals surface area contributed by atoms with Crippen molar-refractivity contribution in [1.29, 1.82) is 0 Å². The second kappa shape index (κ2) is 5.12. The first-order valence-electron chi connectivity index (χ1n) is 7.17. The fourth-order valence-electron chi connectivity index (χ4n) is 2.85. The van der Waals surface area contributed by atoms with Crippen LogP contribution in [0.2, 0.25) is 0 Å². The number of carbonyl (C=O) groups excluding carboxylic acids is 1. The molecule has 0 fully saturated rings. The number of hydrogen-bond donors (Lipinski definition) is 1. The van der Waals surface area contributed by atoms with Crippen LogP contribution in [-0.2, 0) is 17.6 Å². The SMILES string of the molecule is CCc1ccc(C[C@@H]2C(=O)Nc3c(C)cccc32)cc1. The van der Waals surface area contributed by atoms with E-state index >= 15 is 0 Å². The van der Waals surface area contributed by atoms with E-state index in [2.05, 4.69) is 42.6 Å². The molecule has 20 heavy (non-hydrogen) atoms. The summed E-state index contributed by atoms with van der Waals surface area (Å²) in [5.74, 6) is 0.0613. The van der Waals surface area contributed by atoms with Crippen LogP contribution in [-0.4, -0.2) is 5.91 Å². The Labute approximate surface area is 119 Å².